The Bertz CT molecular complexity index is 1120. The average molecular weight is 516 g/mol. The molecule has 0 aliphatic carbocycles. The Kier molecular flexibility index (Phi) is 10.1. The molecule has 38 heavy (non-hydrogen) atoms. The van der Waals surface area contributed by atoms with Gasteiger partial charge in [-0.25, -0.2) is 14.8 Å². The van der Waals surface area contributed by atoms with Gasteiger partial charge in [0.1, 0.15) is 11.4 Å². The SMILES string of the molecule is CCCCc1cc(C[C@@H](NC(=O)OC(C)(C)C)[C@@H](C)CC)nc(C(C)(c2ccccc2)c2ccccc2)n1. The first-order valence-electron chi connectivity index (χ1n) is 14.0. The normalized spacial score (nSPS) is 13.6. The third-order valence-corrected chi connectivity index (χ3v) is 7.23. The number of hydrogen-bond donors (Lipinski definition) is 1. The number of aryl methyl sites for hydroxylation is 1. The number of carbonyl (C=O) groups excluding carboxylic acids is 1. The van der Waals surface area contributed by atoms with Crippen LogP contribution in [0.3, 0.4) is 0 Å². The van der Waals surface area contributed by atoms with E-state index in [2.05, 4.69) is 87.6 Å². The highest BCUT2D eigenvalue weighted by Crippen LogP contribution is 2.37. The van der Waals surface area contributed by atoms with E-state index < -0.39 is 11.0 Å². The molecule has 1 N–H and O–H groups in total. The van der Waals surface area contributed by atoms with Crippen LogP contribution >= 0.6 is 0 Å². The molecule has 0 aliphatic heterocycles. The number of amides is 1. The van der Waals surface area contributed by atoms with E-state index >= 15 is 0 Å². The van der Waals surface area contributed by atoms with Crippen LogP contribution in [0.5, 0.6) is 0 Å². The Morgan fingerprint density at radius 2 is 1.45 bits per heavy atom. The number of rotatable bonds is 11. The zero-order valence-electron chi connectivity index (χ0n) is 24.3. The van der Waals surface area contributed by atoms with Crippen molar-refractivity contribution in [2.75, 3.05) is 0 Å². The summed E-state index contributed by atoms with van der Waals surface area (Å²) in [5.74, 6) is 1.05. The number of nitrogens with zero attached hydrogens (tertiary/aromatic N) is 2. The van der Waals surface area contributed by atoms with E-state index in [1.165, 1.54) is 0 Å². The van der Waals surface area contributed by atoms with Gasteiger partial charge in [0.15, 0.2) is 0 Å². The average Bonchev–Trinajstić information content (AvgIpc) is 2.90. The molecule has 1 aromatic heterocycles. The number of nitrogens with one attached hydrogen (secondary N) is 1. The van der Waals surface area contributed by atoms with Crippen LogP contribution < -0.4 is 5.32 Å². The fraction of sp³-hybridized carbons (Fsp3) is 0.485. The summed E-state index contributed by atoms with van der Waals surface area (Å²) in [5, 5.41) is 3.14. The predicted molar refractivity (Wildman–Crippen MR) is 155 cm³/mol. The predicted octanol–water partition coefficient (Wildman–Crippen LogP) is 7.66. The van der Waals surface area contributed by atoms with E-state index in [-0.39, 0.29) is 18.1 Å². The van der Waals surface area contributed by atoms with Crippen LogP contribution in [0, 0.1) is 5.92 Å². The van der Waals surface area contributed by atoms with Gasteiger partial charge in [-0.05, 0) is 63.6 Å². The van der Waals surface area contributed by atoms with Crippen molar-refractivity contribution in [2.24, 2.45) is 5.92 Å². The molecule has 0 bridgehead atoms. The van der Waals surface area contributed by atoms with E-state index in [0.29, 0.717) is 6.42 Å². The van der Waals surface area contributed by atoms with Crippen molar-refractivity contribution in [2.45, 2.75) is 97.6 Å². The lowest BCUT2D eigenvalue weighted by molar-refractivity contribution is 0.0487. The topological polar surface area (TPSA) is 64.1 Å². The molecule has 0 unspecified atom stereocenters. The number of carbonyl (C=O) groups is 1. The first-order chi connectivity index (χ1) is 18.1. The molecule has 1 heterocycles. The van der Waals surface area contributed by atoms with Crippen molar-refractivity contribution < 1.29 is 9.53 Å². The maximum atomic E-state index is 12.7. The Balaban J connectivity index is 2.09. The summed E-state index contributed by atoms with van der Waals surface area (Å²) in [4.78, 5) is 23.1. The Morgan fingerprint density at radius 1 is 0.895 bits per heavy atom. The quantitative estimate of drug-likeness (QED) is 0.285. The molecule has 0 saturated heterocycles. The highest BCUT2D eigenvalue weighted by Gasteiger charge is 2.35. The van der Waals surface area contributed by atoms with E-state index in [0.717, 1.165) is 54.0 Å². The number of benzene rings is 2. The van der Waals surface area contributed by atoms with Gasteiger partial charge in [-0.3, -0.25) is 0 Å². The molecule has 5 nitrogen and oxygen atoms in total. The molecule has 3 aromatic rings. The van der Waals surface area contributed by atoms with Crippen LogP contribution in [0.2, 0.25) is 0 Å². The van der Waals surface area contributed by atoms with Crippen molar-refractivity contribution in [3.63, 3.8) is 0 Å². The van der Waals surface area contributed by atoms with Crippen molar-refractivity contribution in [3.8, 4) is 0 Å². The smallest absolute Gasteiger partial charge is 0.407 e. The van der Waals surface area contributed by atoms with Gasteiger partial charge in [0.2, 0.25) is 0 Å². The van der Waals surface area contributed by atoms with Gasteiger partial charge in [-0.2, -0.15) is 0 Å². The maximum Gasteiger partial charge on any atom is 0.407 e. The van der Waals surface area contributed by atoms with Crippen molar-refractivity contribution in [1.82, 2.24) is 15.3 Å². The van der Waals surface area contributed by atoms with Gasteiger partial charge in [0.25, 0.3) is 0 Å². The molecule has 2 aromatic carbocycles. The Hall–Kier alpha value is -3.21. The van der Waals surface area contributed by atoms with Crippen LogP contribution in [0.25, 0.3) is 0 Å². The Labute approximate surface area is 229 Å². The maximum absolute atomic E-state index is 12.7. The second-order valence-electron chi connectivity index (χ2n) is 11.5. The number of hydrogen-bond acceptors (Lipinski definition) is 4. The summed E-state index contributed by atoms with van der Waals surface area (Å²) < 4.78 is 5.59. The molecule has 5 heteroatoms. The molecule has 0 spiro atoms. The molecule has 3 rings (SSSR count). The standard InChI is InChI=1S/C33H45N3O2/c1-8-10-21-27-22-28(23-29(24(3)9-2)36-31(37)38-32(4,5)6)35-30(34-27)33(7,25-17-13-11-14-18-25)26-19-15-12-16-20-26/h11-20,22,24,29H,8-10,21,23H2,1-7H3,(H,36,37)/t24-,29+/m0/s1. The summed E-state index contributed by atoms with van der Waals surface area (Å²) in [6.45, 7) is 14.4. The molecule has 204 valence electrons. The molecule has 1 amide bonds. The highest BCUT2D eigenvalue weighted by atomic mass is 16.6. The van der Waals surface area contributed by atoms with Gasteiger partial charge in [-0.1, -0.05) is 94.3 Å². The lowest BCUT2D eigenvalue weighted by Gasteiger charge is -2.31. The van der Waals surface area contributed by atoms with E-state index in [1.54, 1.807) is 0 Å². The van der Waals surface area contributed by atoms with E-state index in [9.17, 15) is 4.79 Å². The number of unbranched alkanes of at least 4 members (excludes halogenated alkanes) is 1. The minimum absolute atomic E-state index is 0.101. The van der Waals surface area contributed by atoms with Gasteiger partial charge >= 0.3 is 6.09 Å². The third-order valence-electron chi connectivity index (χ3n) is 7.23. The minimum atomic E-state index is -0.549. The zero-order chi connectivity index (χ0) is 27.8. The van der Waals surface area contributed by atoms with Crippen molar-refractivity contribution in [1.29, 1.82) is 0 Å². The molecule has 0 radical (unpaired) electrons. The fourth-order valence-electron chi connectivity index (χ4n) is 4.70. The lowest BCUT2D eigenvalue weighted by atomic mass is 9.75. The first kappa shape index (κ1) is 29.3. The van der Waals surface area contributed by atoms with Crippen molar-refractivity contribution in [3.05, 3.63) is 95.1 Å². The summed E-state index contributed by atoms with van der Waals surface area (Å²) in [5.41, 5.74) is 3.22. The molecule has 0 aliphatic rings. The van der Waals surface area contributed by atoms with Crippen LogP contribution in [0.1, 0.15) is 96.1 Å². The third kappa shape index (κ3) is 7.66. The number of alkyl carbamates (subject to hydrolysis) is 1. The van der Waals surface area contributed by atoms with Gasteiger partial charge < -0.3 is 10.1 Å². The summed E-state index contributed by atoms with van der Waals surface area (Å²) in [7, 11) is 0. The van der Waals surface area contributed by atoms with Crippen LogP contribution in [-0.4, -0.2) is 27.7 Å². The number of ether oxygens (including phenoxy) is 1. The van der Waals surface area contributed by atoms with Crippen molar-refractivity contribution >= 4 is 6.09 Å². The number of aromatic nitrogens is 2. The van der Waals surface area contributed by atoms with Gasteiger partial charge in [0.05, 0.1) is 5.41 Å². The fourth-order valence-corrected chi connectivity index (χ4v) is 4.70. The van der Waals surface area contributed by atoms with Crippen LogP contribution in [0.4, 0.5) is 4.79 Å². The summed E-state index contributed by atoms with van der Waals surface area (Å²) in [6, 6.07) is 23.0. The van der Waals surface area contributed by atoms with E-state index in [1.807, 2.05) is 32.9 Å². The minimum Gasteiger partial charge on any atom is -0.444 e. The van der Waals surface area contributed by atoms with Gasteiger partial charge in [-0.15, -0.1) is 0 Å². The highest BCUT2D eigenvalue weighted by molar-refractivity contribution is 5.68. The second kappa shape index (κ2) is 13.0. The molecule has 0 saturated carbocycles. The molecular weight excluding hydrogens is 470 g/mol. The summed E-state index contributed by atoms with van der Waals surface area (Å²) in [6.07, 6.45) is 4.22. The Morgan fingerprint density at radius 3 is 1.95 bits per heavy atom. The van der Waals surface area contributed by atoms with Gasteiger partial charge in [0, 0.05) is 23.9 Å². The second-order valence-corrected chi connectivity index (χ2v) is 11.5. The lowest BCUT2D eigenvalue weighted by Crippen LogP contribution is -2.43. The largest absolute Gasteiger partial charge is 0.444 e. The first-order valence-corrected chi connectivity index (χ1v) is 14.0. The summed E-state index contributed by atoms with van der Waals surface area (Å²) >= 11 is 0. The zero-order valence-corrected chi connectivity index (χ0v) is 24.3. The van der Waals surface area contributed by atoms with Crippen LogP contribution in [0.15, 0.2) is 66.7 Å². The molecule has 2 atom stereocenters. The van der Waals surface area contributed by atoms with Crippen LogP contribution in [-0.2, 0) is 23.0 Å². The monoisotopic (exact) mass is 515 g/mol. The molecule has 0 fully saturated rings. The molecular formula is C33H45N3O2. The van der Waals surface area contributed by atoms with E-state index in [4.69, 9.17) is 14.7 Å².